The zero-order valence-corrected chi connectivity index (χ0v) is 18.5. The number of unbranched alkanes of at least 4 members (excludes halogenated alkanes) is 4. The topological polar surface area (TPSA) is 17.1 Å². The molecule has 0 fully saturated rings. The van der Waals surface area contributed by atoms with E-state index in [1.807, 2.05) is 24.3 Å². The standard InChI is InChI=1S/C28H38O/c1-3-14-22(4-2)15-8-6-5-7-9-16-23-21-24-17-10-11-19-26(24)28(29)27-20-13-12-18-25(23)27/h10-13,17-20,22-23H,3-9,14-16,21H2,1-2H3. The van der Waals surface area contributed by atoms with E-state index in [0.717, 1.165) is 23.5 Å². The first-order chi connectivity index (χ1) is 14.2. The smallest absolute Gasteiger partial charge is 0.193 e. The predicted molar refractivity (Wildman–Crippen MR) is 124 cm³/mol. The first kappa shape index (κ1) is 21.8. The second kappa shape index (κ2) is 11.3. The van der Waals surface area contributed by atoms with Crippen molar-refractivity contribution in [3.8, 4) is 0 Å². The fourth-order valence-electron chi connectivity index (χ4n) is 5.07. The van der Waals surface area contributed by atoms with Crippen molar-refractivity contribution in [2.45, 2.75) is 90.4 Å². The van der Waals surface area contributed by atoms with Crippen LogP contribution in [0.2, 0.25) is 0 Å². The minimum Gasteiger partial charge on any atom is -0.289 e. The molecule has 29 heavy (non-hydrogen) atoms. The molecule has 0 saturated heterocycles. The molecule has 3 rings (SSSR count). The van der Waals surface area contributed by atoms with Gasteiger partial charge in [-0.1, -0.05) is 120 Å². The van der Waals surface area contributed by atoms with Gasteiger partial charge in [0.1, 0.15) is 0 Å². The molecule has 1 heteroatoms. The number of benzene rings is 2. The SMILES string of the molecule is CCCC(CC)CCCCCCCC1Cc2ccccc2C(=O)c2ccccc21. The lowest BCUT2D eigenvalue weighted by atomic mass is 9.87. The van der Waals surface area contributed by atoms with Gasteiger partial charge in [-0.25, -0.2) is 0 Å². The molecule has 1 aliphatic carbocycles. The van der Waals surface area contributed by atoms with Crippen molar-refractivity contribution in [3.05, 3.63) is 70.8 Å². The number of hydrogen-bond donors (Lipinski definition) is 0. The molecule has 0 saturated carbocycles. The Balaban J connectivity index is 1.52. The third kappa shape index (κ3) is 5.81. The molecule has 0 aliphatic heterocycles. The van der Waals surface area contributed by atoms with Gasteiger partial charge in [0.05, 0.1) is 0 Å². The van der Waals surface area contributed by atoms with E-state index in [-0.39, 0.29) is 5.78 Å². The summed E-state index contributed by atoms with van der Waals surface area (Å²) in [7, 11) is 0. The van der Waals surface area contributed by atoms with Crippen molar-refractivity contribution in [1.82, 2.24) is 0 Å². The first-order valence-electron chi connectivity index (χ1n) is 12.0. The molecule has 0 N–H and O–H groups in total. The third-order valence-corrected chi connectivity index (χ3v) is 6.81. The number of rotatable bonds is 11. The summed E-state index contributed by atoms with van der Waals surface area (Å²) in [6, 6.07) is 16.5. The second-order valence-electron chi connectivity index (χ2n) is 8.88. The Bertz CT molecular complexity index is 775. The Labute approximate surface area is 177 Å². The molecule has 0 spiro atoms. The number of hydrogen-bond acceptors (Lipinski definition) is 1. The Morgan fingerprint density at radius 3 is 2.31 bits per heavy atom. The summed E-state index contributed by atoms with van der Waals surface area (Å²) in [6.45, 7) is 4.65. The molecule has 156 valence electrons. The van der Waals surface area contributed by atoms with Crippen LogP contribution in [0.15, 0.2) is 48.5 Å². The van der Waals surface area contributed by atoms with Crippen LogP contribution in [0, 0.1) is 5.92 Å². The quantitative estimate of drug-likeness (QED) is 0.354. The Kier molecular flexibility index (Phi) is 8.52. The molecule has 2 unspecified atom stereocenters. The number of ketones is 1. The first-order valence-corrected chi connectivity index (χ1v) is 12.0. The molecule has 1 aliphatic rings. The van der Waals surface area contributed by atoms with Crippen molar-refractivity contribution in [3.63, 3.8) is 0 Å². The van der Waals surface area contributed by atoms with Crippen LogP contribution in [0.1, 0.15) is 111 Å². The van der Waals surface area contributed by atoms with E-state index < -0.39 is 0 Å². The van der Waals surface area contributed by atoms with Crippen molar-refractivity contribution < 1.29 is 4.79 Å². The predicted octanol–water partition coefficient (Wildman–Crippen LogP) is 8.11. The highest BCUT2D eigenvalue weighted by molar-refractivity contribution is 6.11. The minimum atomic E-state index is 0.205. The zero-order chi connectivity index (χ0) is 20.5. The fraction of sp³-hybridized carbons (Fsp3) is 0.536. The molecule has 0 amide bonds. The zero-order valence-electron chi connectivity index (χ0n) is 18.5. The minimum absolute atomic E-state index is 0.205. The highest BCUT2D eigenvalue weighted by atomic mass is 16.1. The van der Waals surface area contributed by atoms with Gasteiger partial charge in [-0.15, -0.1) is 0 Å². The van der Waals surface area contributed by atoms with Crippen LogP contribution in [0.3, 0.4) is 0 Å². The van der Waals surface area contributed by atoms with Crippen LogP contribution >= 0.6 is 0 Å². The summed E-state index contributed by atoms with van der Waals surface area (Å²) in [5.41, 5.74) is 4.31. The monoisotopic (exact) mass is 390 g/mol. The van der Waals surface area contributed by atoms with Gasteiger partial charge in [-0.2, -0.15) is 0 Å². The Morgan fingerprint density at radius 1 is 0.828 bits per heavy atom. The van der Waals surface area contributed by atoms with E-state index in [9.17, 15) is 4.79 Å². The van der Waals surface area contributed by atoms with E-state index in [4.69, 9.17) is 0 Å². The molecule has 0 heterocycles. The van der Waals surface area contributed by atoms with Crippen molar-refractivity contribution in [2.75, 3.05) is 0 Å². The normalized spacial score (nSPS) is 16.8. The largest absolute Gasteiger partial charge is 0.289 e. The molecule has 2 aromatic carbocycles. The summed E-state index contributed by atoms with van der Waals surface area (Å²) in [5.74, 6) is 1.61. The van der Waals surface area contributed by atoms with E-state index >= 15 is 0 Å². The van der Waals surface area contributed by atoms with Crippen LogP contribution < -0.4 is 0 Å². The summed E-state index contributed by atoms with van der Waals surface area (Å²) < 4.78 is 0. The Hall–Kier alpha value is -1.89. The van der Waals surface area contributed by atoms with E-state index in [1.165, 1.54) is 75.3 Å². The molecule has 0 bridgehead atoms. The molecule has 2 aromatic rings. The van der Waals surface area contributed by atoms with E-state index in [0.29, 0.717) is 5.92 Å². The highest BCUT2D eigenvalue weighted by Crippen LogP contribution is 2.35. The summed E-state index contributed by atoms with van der Waals surface area (Å²) in [5, 5.41) is 0. The van der Waals surface area contributed by atoms with Crippen molar-refractivity contribution >= 4 is 5.78 Å². The van der Waals surface area contributed by atoms with Crippen molar-refractivity contribution in [2.24, 2.45) is 5.92 Å². The van der Waals surface area contributed by atoms with E-state index in [1.54, 1.807) is 0 Å². The lowest BCUT2D eigenvalue weighted by molar-refractivity contribution is 0.103. The lowest BCUT2D eigenvalue weighted by Crippen LogP contribution is -2.05. The van der Waals surface area contributed by atoms with Crippen LogP contribution in [-0.4, -0.2) is 5.78 Å². The molecular formula is C28H38O. The maximum absolute atomic E-state index is 13.0. The maximum Gasteiger partial charge on any atom is 0.193 e. The van der Waals surface area contributed by atoms with Crippen LogP contribution in [0.4, 0.5) is 0 Å². The summed E-state index contributed by atoms with van der Waals surface area (Å²) >= 11 is 0. The van der Waals surface area contributed by atoms with Gasteiger partial charge in [0.15, 0.2) is 5.78 Å². The summed E-state index contributed by atoms with van der Waals surface area (Å²) in [6.07, 6.45) is 14.4. The van der Waals surface area contributed by atoms with Gasteiger partial charge < -0.3 is 0 Å². The van der Waals surface area contributed by atoms with E-state index in [2.05, 4.69) is 38.1 Å². The molecule has 0 radical (unpaired) electrons. The molecule has 2 atom stereocenters. The average molecular weight is 391 g/mol. The number of carbonyl (C=O) groups is 1. The number of carbonyl (C=O) groups excluding carboxylic acids is 1. The highest BCUT2D eigenvalue weighted by Gasteiger charge is 2.26. The fourth-order valence-corrected chi connectivity index (χ4v) is 5.07. The summed E-state index contributed by atoms with van der Waals surface area (Å²) in [4.78, 5) is 13.0. The van der Waals surface area contributed by atoms with Crippen LogP contribution in [-0.2, 0) is 6.42 Å². The lowest BCUT2D eigenvalue weighted by Gasteiger charge is -2.17. The van der Waals surface area contributed by atoms with Gasteiger partial charge >= 0.3 is 0 Å². The van der Waals surface area contributed by atoms with Gasteiger partial charge in [0, 0.05) is 11.1 Å². The average Bonchev–Trinajstić information content (AvgIpc) is 2.87. The third-order valence-electron chi connectivity index (χ3n) is 6.81. The van der Waals surface area contributed by atoms with Gasteiger partial charge in [0.2, 0.25) is 0 Å². The Morgan fingerprint density at radius 2 is 1.52 bits per heavy atom. The maximum atomic E-state index is 13.0. The molecule has 1 nitrogen and oxygen atoms in total. The van der Waals surface area contributed by atoms with Crippen LogP contribution in [0.25, 0.3) is 0 Å². The van der Waals surface area contributed by atoms with Gasteiger partial charge in [-0.3, -0.25) is 4.79 Å². The molecular weight excluding hydrogens is 352 g/mol. The van der Waals surface area contributed by atoms with Crippen LogP contribution in [0.5, 0.6) is 0 Å². The molecule has 0 aromatic heterocycles. The second-order valence-corrected chi connectivity index (χ2v) is 8.88. The number of fused-ring (bicyclic) bond motifs is 2. The van der Waals surface area contributed by atoms with Crippen molar-refractivity contribution in [1.29, 1.82) is 0 Å². The van der Waals surface area contributed by atoms with Gasteiger partial charge in [-0.05, 0) is 35.8 Å². The van der Waals surface area contributed by atoms with Gasteiger partial charge in [0.25, 0.3) is 0 Å².